The van der Waals surface area contributed by atoms with Gasteiger partial charge in [-0.25, -0.2) is 9.36 Å². The smallest absolute Gasteiger partial charge is 0.418 e. The van der Waals surface area contributed by atoms with Crippen LogP contribution in [-0.2, 0) is 16.1 Å². The largest absolute Gasteiger partial charge is 0.449 e. The van der Waals surface area contributed by atoms with Crippen LogP contribution in [0.25, 0.3) is 21.8 Å². The summed E-state index contributed by atoms with van der Waals surface area (Å²) in [6, 6.07) is 26.1. The van der Waals surface area contributed by atoms with Crippen LogP contribution in [0.1, 0.15) is 18.4 Å². The molecule has 1 aliphatic heterocycles. The molecule has 0 spiro atoms. The van der Waals surface area contributed by atoms with E-state index in [1.54, 1.807) is 4.57 Å². The fraction of sp³-hybridized carbons (Fsp3) is 0.345. The molecule has 0 bridgehead atoms. The molecule has 1 atom stereocenters. The fourth-order valence-electron chi connectivity index (χ4n) is 5.00. The molecule has 1 aliphatic rings. The zero-order chi connectivity index (χ0) is 24.0. The Balaban J connectivity index is 1.08. The predicted octanol–water partition coefficient (Wildman–Crippen LogP) is 5.04. The van der Waals surface area contributed by atoms with Crippen molar-refractivity contribution in [2.75, 3.05) is 32.8 Å². The van der Waals surface area contributed by atoms with Crippen LogP contribution in [0.5, 0.6) is 0 Å². The Morgan fingerprint density at radius 3 is 2.14 bits per heavy atom. The maximum Gasteiger partial charge on any atom is 0.418 e. The molecule has 2 N–H and O–H groups in total. The molecule has 3 aromatic carbocycles. The number of carbonyl (C=O) groups excluding carboxylic acids is 1. The van der Waals surface area contributed by atoms with Crippen LogP contribution in [-0.4, -0.2) is 54.5 Å². The summed E-state index contributed by atoms with van der Waals surface area (Å²) < 4.78 is 13.3. The van der Waals surface area contributed by atoms with E-state index >= 15 is 0 Å². The number of fused-ring (bicyclic) bond motifs is 3. The van der Waals surface area contributed by atoms with E-state index in [2.05, 4.69) is 29.2 Å². The van der Waals surface area contributed by atoms with Gasteiger partial charge in [0.2, 0.25) is 0 Å². The number of para-hydroxylation sites is 2. The number of ether oxygens (including phenoxy) is 2. The second-order valence-corrected chi connectivity index (χ2v) is 9.45. The predicted molar refractivity (Wildman–Crippen MR) is 139 cm³/mol. The summed E-state index contributed by atoms with van der Waals surface area (Å²) in [6.07, 6.45) is 1.69. The summed E-state index contributed by atoms with van der Waals surface area (Å²) in [5.41, 5.74) is 9.24. The number of carbonyl (C=O) groups is 1. The highest BCUT2D eigenvalue weighted by Gasteiger charge is 2.23. The maximum absolute atomic E-state index is 13.1. The summed E-state index contributed by atoms with van der Waals surface area (Å²) in [5, 5.41) is 2.13. The minimum absolute atomic E-state index is 0.0107. The van der Waals surface area contributed by atoms with Gasteiger partial charge >= 0.3 is 6.09 Å². The first-order valence-corrected chi connectivity index (χ1v) is 12.4. The molecule has 0 aliphatic carbocycles. The van der Waals surface area contributed by atoms with Crippen LogP contribution in [0.3, 0.4) is 0 Å². The zero-order valence-corrected chi connectivity index (χ0v) is 20.0. The van der Waals surface area contributed by atoms with E-state index in [1.807, 2.05) is 54.6 Å². The van der Waals surface area contributed by atoms with Gasteiger partial charge in [-0.05, 0) is 49.5 Å². The molecule has 2 heterocycles. The van der Waals surface area contributed by atoms with Gasteiger partial charge in [-0.2, -0.15) is 0 Å². The number of hydrogen-bond acceptors (Lipinski definition) is 5. The van der Waals surface area contributed by atoms with Crippen LogP contribution < -0.4 is 5.73 Å². The van der Waals surface area contributed by atoms with E-state index in [1.165, 1.54) is 0 Å². The van der Waals surface area contributed by atoms with Gasteiger partial charge in [-0.1, -0.05) is 66.7 Å². The van der Waals surface area contributed by atoms with Crippen molar-refractivity contribution in [3.05, 3.63) is 84.4 Å². The van der Waals surface area contributed by atoms with Crippen LogP contribution in [0.4, 0.5) is 4.79 Å². The van der Waals surface area contributed by atoms with Crippen LogP contribution >= 0.6 is 0 Å². The minimum atomic E-state index is -0.303. The van der Waals surface area contributed by atoms with Gasteiger partial charge in [0, 0.05) is 23.4 Å². The Kier molecular flexibility index (Phi) is 7.42. The fourth-order valence-corrected chi connectivity index (χ4v) is 5.00. The van der Waals surface area contributed by atoms with E-state index in [0.717, 1.165) is 59.8 Å². The van der Waals surface area contributed by atoms with E-state index in [9.17, 15) is 4.79 Å². The molecule has 6 heteroatoms. The lowest BCUT2D eigenvalue weighted by Crippen LogP contribution is -2.44. The van der Waals surface area contributed by atoms with Crippen LogP contribution in [0.15, 0.2) is 78.9 Å². The SMILES string of the molecule is N[C@H](COCc1ccccc1)CN1CCC(COC(=O)n2c3ccccc3c3ccccc32)CC1. The van der Waals surface area contributed by atoms with Crippen molar-refractivity contribution in [3.63, 3.8) is 0 Å². The Morgan fingerprint density at radius 1 is 0.886 bits per heavy atom. The number of rotatable bonds is 8. The first-order chi connectivity index (χ1) is 17.2. The quantitative estimate of drug-likeness (QED) is 0.390. The third-order valence-electron chi connectivity index (χ3n) is 6.85. The molecule has 1 saturated heterocycles. The number of aromatic nitrogens is 1. The zero-order valence-electron chi connectivity index (χ0n) is 20.0. The van der Waals surface area contributed by atoms with E-state index < -0.39 is 0 Å². The molecule has 182 valence electrons. The molecule has 0 saturated carbocycles. The van der Waals surface area contributed by atoms with Gasteiger partial charge in [-0.15, -0.1) is 0 Å². The van der Waals surface area contributed by atoms with Crippen molar-refractivity contribution >= 4 is 27.9 Å². The van der Waals surface area contributed by atoms with Crippen molar-refractivity contribution in [3.8, 4) is 0 Å². The average molecular weight is 472 g/mol. The average Bonchev–Trinajstić information content (AvgIpc) is 3.23. The molecule has 35 heavy (non-hydrogen) atoms. The summed E-state index contributed by atoms with van der Waals surface area (Å²) >= 11 is 0. The van der Waals surface area contributed by atoms with E-state index in [4.69, 9.17) is 15.2 Å². The first-order valence-electron chi connectivity index (χ1n) is 12.4. The summed E-state index contributed by atoms with van der Waals surface area (Å²) in [5.74, 6) is 0.369. The number of piperidine rings is 1. The molecular formula is C29H33N3O3. The molecular weight excluding hydrogens is 438 g/mol. The Labute approximate surface area is 206 Å². The normalized spacial score (nSPS) is 16.0. The first kappa shape index (κ1) is 23.5. The van der Waals surface area contributed by atoms with Crippen molar-refractivity contribution in [2.45, 2.75) is 25.5 Å². The highest BCUT2D eigenvalue weighted by molar-refractivity contribution is 6.12. The lowest BCUT2D eigenvalue weighted by atomic mass is 9.97. The minimum Gasteiger partial charge on any atom is -0.449 e. The standard InChI is InChI=1S/C29H33N3O3/c30-24(21-34-19-22-8-2-1-3-9-22)18-31-16-14-23(15-17-31)20-35-29(33)32-27-12-6-4-10-25(27)26-11-5-7-13-28(26)32/h1-13,23-24H,14-21,30H2/t24-/m0/s1. The third-order valence-corrected chi connectivity index (χ3v) is 6.85. The monoisotopic (exact) mass is 471 g/mol. The number of nitrogens with zero attached hydrogens (tertiary/aromatic N) is 2. The second kappa shape index (κ2) is 11.0. The van der Waals surface area contributed by atoms with Crippen LogP contribution in [0.2, 0.25) is 0 Å². The maximum atomic E-state index is 13.1. The highest BCUT2D eigenvalue weighted by Crippen LogP contribution is 2.29. The Morgan fingerprint density at radius 2 is 1.49 bits per heavy atom. The summed E-state index contributed by atoms with van der Waals surface area (Å²) in [6.45, 7) is 4.33. The van der Waals surface area contributed by atoms with Crippen molar-refractivity contribution in [1.29, 1.82) is 0 Å². The molecule has 1 fully saturated rings. The lowest BCUT2D eigenvalue weighted by Gasteiger charge is -2.33. The van der Waals surface area contributed by atoms with E-state index in [-0.39, 0.29) is 12.1 Å². The van der Waals surface area contributed by atoms with Gasteiger partial charge < -0.3 is 20.1 Å². The second-order valence-electron chi connectivity index (χ2n) is 9.45. The van der Waals surface area contributed by atoms with E-state index in [0.29, 0.717) is 25.7 Å². The van der Waals surface area contributed by atoms with Gasteiger partial charge in [0.25, 0.3) is 0 Å². The van der Waals surface area contributed by atoms with Gasteiger partial charge in [0.15, 0.2) is 0 Å². The number of nitrogens with two attached hydrogens (primary N) is 1. The third kappa shape index (κ3) is 5.56. The van der Waals surface area contributed by atoms with Crippen molar-refractivity contribution in [2.24, 2.45) is 11.7 Å². The van der Waals surface area contributed by atoms with Gasteiger partial charge in [0.05, 0.1) is 30.9 Å². The van der Waals surface area contributed by atoms with Gasteiger partial charge in [-0.3, -0.25) is 0 Å². The topological polar surface area (TPSA) is 69.7 Å². The highest BCUT2D eigenvalue weighted by atomic mass is 16.5. The number of likely N-dealkylation sites (tertiary alicyclic amines) is 1. The van der Waals surface area contributed by atoms with Gasteiger partial charge in [0.1, 0.15) is 0 Å². The van der Waals surface area contributed by atoms with Crippen LogP contribution in [0, 0.1) is 5.92 Å². The van der Waals surface area contributed by atoms with Crippen molar-refractivity contribution < 1.29 is 14.3 Å². The summed E-state index contributed by atoms with van der Waals surface area (Å²) in [4.78, 5) is 15.5. The molecule has 6 nitrogen and oxygen atoms in total. The molecule has 5 rings (SSSR count). The molecule has 1 aromatic heterocycles. The molecule has 0 unspecified atom stereocenters. The number of hydrogen-bond donors (Lipinski definition) is 1. The number of benzene rings is 3. The summed E-state index contributed by atoms with van der Waals surface area (Å²) in [7, 11) is 0. The molecule has 4 aromatic rings. The Bertz CT molecular complexity index is 1210. The van der Waals surface area contributed by atoms with Crippen molar-refractivity contribution in [1.82, 2.24) is 9.47 Å². The molecule has 0 amide bonds. The lowest BCUT2D eigenvalue weighted by molar-refractivity contribution is 0.0756. The molecule has 0 radical (unpaired) electrons. The Hall–Kier alpha value is -3.19.